The maximum Gasteiger partial charge on any atom is 0.325 e. The summed E-state index contributed by atoms with van der Waals surface area (Å²) in [5.74, 6) is -1.80. The maximum absolute atomic E-state index is 13.0. The van der Waals surface area contributed by atoms with Gasteiger partial charge in [-0.1, -0.05) is 44.7 Å². The summed E-state index contributed by atoms with van der Waals surface area (Å²) in [7, 11) is 0. The Morgan fingerprint density at radius 2 is 1.84 bits per heavy atom. The van der Waals surface area contributed by atoms with Crippen LogP contribution in [0.3, 0.4) is 0 Å². The molecule has 0 spiro atoms. The number of nitrogens with zero attached hydrogens (tertiary/aromatic N) is 2. The van der Waals surface area contributed by atoms with Crippen molar-refractivity contribution in [2.75, 3.05) is 6.54 Å². The number of hydrazine groups is 1. The molecule has 0 unspecified atom stereocenters. The van der Waals surface area contributed by atoms with Crippen molar-refractivity contribution in [1.29, 1.82) is 0 Å². The summed E-state index contributed by atoms with van der Waals surface area (Å²) in [5.41, 5.74) is 5.30. The van der Waals surface area contributed by atoms with Crippen LogP contribution in [0.5, 0.6) is 0 Å². The van der Waals surface area contributed by atoms with Crippen molar-refractivity contribution in [1.82, 2.24) is 26.1 Å². The Bertz CT molecular complexity index is 1210. The standard InChI is InChI=1S/C28H37N5O5/c1-7-20-10-11-21-12-13-22(31-24(21)15-20)18(5)38-28(37)23-9-8-14-33(32-23)27(36)17(4)29-26(35)25(16(2)3)30-19(6)34/h7,10-13,15-18,23,25,32H,1,8-9,14H2,2-6H3,(H,29,35)(H,30,34)/t17-,18+,23-,25-/m0/s1. The van der Waals surface area contributed by atoms with Gasteiger partial charge in [0, 0.05) is 18.9 Å². The summed E-state index contributed by atoms with van der Waals surface area (Å²) in [5, 5.41) is 7.60. The molecule has 0 bridgehead atoms. The fraction of sp³-hybridized carbons (Fsp3) is 0.464. The Labute approximate surface area is 223 Å². The molecule has 10 heteroatoms. The molecular weight excluding hydrogens is 486 g/mol. The van der Waals surface area contributed by atoms with E-state index < -0.39 is 36.1 Å². The molecule has 1 aliphatic heterocycles. The molecule has 1 aromatic carbocycles. The number of esters is 1. The van der Waals surface area contributed by atoms with E-state index in [0.29, 0.717) is 25.1 Å². The number of pyridine rings is 1. The van der Waals surface area contributed by atoms with Gasteiger partial charge in [-0.3, -0.25) is 24.2 Å². The molecule has 2 heterocycles. The molecule has 0 radical (unpaired) electrons. The van der Waals surface area contributed by atoms with Gasteiger partial charge in [0.25, 0.3) is 5.91 Å². The van der Waals surface area contributed by atoms with E-state index in [4.69, 9.17) is 4.74 Å². The van der Waals surface area contributed by atoms with Crippen molar-refractivity contribution in [2.45, 2.75) is 71.7 Å². The first-order valence-corrected chi connectivity index (χ1v) is 12.9. The van der Waals surface area contributed by atoms with Crippen LogP contribution in [0.2, 0.25) is 0 Å². The van der Waals surface area contributed by atoms with E-state index in [2.05, 4.69) is 27.6 Å². The lowest BCUT2D eigenvalue weighted by Crippen LogP contribution is -2.60. The van der Waals surface area contributed by atoms with Crippen LogP contribution in [0.4, 0.5) is 0 Å². The van der Waals surface area contributed by atoms with Crippen LogP contribution in [0, 0.1) is 5.92 Å². The average Bonchev–Trinajstić information content (AvgIpc) is 2.90. The number of carbonyl (C=O) groups excluding carboxylic acids is 4. The molecule has 3 amide bonds. The topological polar surface area (TPSA) is 130 Å². The quantitative estimate of drug-likeness (QED) is 0.431. The minimum absolute atomic E-state index is 0.156. The van der Waals surface area contributed by atoms with E-state index in [-0.39, 0.29) is 17.7 Å². The van der Waals surface area contributed by atoms with Gasteiger partial charge in [0.1, 0.15) is 24.2 Å². The minimum Gasteiger partial charge on any atom is -0.455 e. The highest BCUT2D eigenvalue weighted by Gasteiger charge is 2.33. The zero-order valence-corrected chi connectivity index (χ0v) is 22.6. The van der Waals surface area contributed by atoms with Gasteiger partial charge in [0.2, 0.25) is 11.8 Å². The lowest BCUT2D eigenvalue weighted by atomic mass is 10.0. The fourth-order valence-electron chi connectivity index (χ4n) is 4.29. The Morgan fingerprint density at radius 3 is 2.50 bits per heavy atom. The third-order valence-corrected chi connectivity index (χ3v) is 6.46. The van der Waals surface area contributed by atoms with Crippen LogP contribution in [-0.4, -0.2) is 58.4 Å². The molecule has 10 nitrogen and oxygen atoms in total. The fourth-order valence-corrected chi connectivity index (χ4v) is 4.29. The number of carbonyl (C=O) groups is 4. The third kappa shape index (κ3) is 7.16. The number of hydrogen-bond acceptors (Lipinski definition) is 7. The van der Waals surface area contributed by atoms with Crippen LogP contribution >= 0.6 is 0 Å². The van der Waals surface area contributed by atoms with Gasteiger partial charge >= 0.3 is 5.97 Å². The van der Waals surface area contributed by atoms with E-state index in [1.807, 2.05) is 44.2 Å². The molecule has 0 saturated carbocycles. The third-order valence-electron chi connectivity index (χ3n) is 6.46. The molecule has 38 heavy (non-hydrogen) atoms. The largest absolute Gasteiger partial charge is 0.455 e. The van der Waals surface area contributed by atoms with E-state index in [0.717, 1.165) is 16.5 Å². The zero-order chi connectivity index (χ0) is 28.0. The summed E-state index contributed by atoms with van der Waals surface area (Å²) < 4.78 is 5.70. The number of ether oxygens (including phenoxy) is 1. The SMILES string of the molecule is C=Cc1ccc2ccc([C@@H](C)OC(=O)[C@@H]3CCCN(C(=O)[C@H](C)NC(=O)[C@@H](NC(C)=O)C(C)C)N3)nc2c1. The molecule has 4 atom stereocenters. The molecule has 1 aromatic heterocycles. The van der Waals surface area contributed by atoms with Crippen molar-refractivity contribution in [3.05, 3.63) is 48.2 Å². The minimum atomic E-state index is -0.860. The molecule has 2 aromatic rings. The van der Waals surface area contributed by atoms with Gasteiger partial charge in [0.15, 0.2) is 0 Å². The van der Waals surface area contributed by atoms with Crippen molar-refractivity contribution in [3.8, 4) is 0 Å². The highest BCUT2D eigenvalue weighted by atomic mass is 16.5. The second kappa shape index (κ2) is 12.6. The number of amides is 3. The molecule has 1 saturated heterocycles. The molecular formula is C28H37N5O5. The van der Waals surface area contributed by atoms with Gasteiger partial charge < -0.3 is 15.4 Å². The highest BCUT2D eigenvalue weighted by molar-refractivity contribution is 5.92. The summed E-state index contributed by atoms with van der Waals surface area (Å²) in [6, 6.07) is 7.27. The van der Waals surface area contributed by atoms with Gasteiger partial charge in [-0.25, -0.2) is 10.4 Å². The lowest BCUT2D eigenvalue weighted by Gasteiger charge is -2.35. The highest BCUT2D eigenvalue weighted by Crippen LogP contribution is 2.22. The van der Waals surface area contributed by atoms with Gasteiger partial charge in [-0.15, -0.1) is 0 Å². The summed E-state index contributed by atoms with van der Waals surface area (Å²) in [4.78, 5) is 54.7. The first-order chi connectivity index (χ1) is 18.0. The lowest BCUT2D eigenvalue weighted by molar-refractivity contribution is -0.157. The maximum atomic E-state index is 13.0. The number of nitrogens with one attached hydrogen (secondary N) is 3. The molecule has 1 fully saturated rings. The molecule has 0 aliphatic carbocycles. The summed E-state index contributed by atoms with van der Waals surface area (Å²) in [6.07, 6.45) is 2.25. The Hall–Kier alpha value is -3.79. The number of rotatable bonds is 9. The van der Waals surface area contributed by atoms with E-state index in [1.165, 1.54) is 11.9 Å². The number of fused-ring (bicyclic) bond motifs is 1. The van der Waals surface area contributed by atoms with Crippen LogP contribution < -0.4 is 16.1 Å². The Kier molecular flexibility index (Phi) is 9.57. The van der Waals surface area contributed by atoms with Gasteiger partial charge in [-0.05, 0) is 50.3 Å². The van der Waals surface area contributed by atoms with Gasteiger partial charge in [-0.2, -0.15) is 0 Å². The number of aromatic nitrogens is 1. The monoisotopic (exact) mass is 523 g/mol. The van der Waals surface area contributed by atoms with Crippen LogP contribution in [0.1, 0.15) is 64.8 Å². The van der Waals surface area contributed by atoms with Crippen LogP contribution in [0.15, 0.2) is 36.9 Å². The number of benzene rings is 1. The predicted molar refractivity (Wildman–Crippen MR) is 144 cm³/mol. The molecule has 204 valence electrons. The average molecular weight is 524 g/mol. The smallest absolute Gasteiger partial charge is 0.325 e. The predicted octanol–water partition coefficient (Wildman–Crippen LogP) is 2.64. The first-order valence-electron chi connectivity index (χ1n) is 12.9. The molecule has 1 aliphatic rings. The van der Waals surface area contributed by atoms with Crippen molar-refractivity contribution in [3.63, 3.8) is 0 Å². The molecule has 3 rings (SSSR count). The van der Waals surface area contributed by atoms with E-state index in [9.17, 15) is 19.2 Å². The van der Waals surface area contributed by atoms with Crippen LogP contribution in [-0.2, 0) is 23.9 Å². The van der Waals surface area contributed by atoms with Gasteiger partial charge in [0.05, 0.1) is 11.2 Å². The summed E-state index contributed by atoms with van der Waals surface area (Å²) in [6.45, 7) is 12.4. The first kappa shape index (κ1) is 28.8. The summed E-state index contributed by atoms with van der Waals surface area (Å²) >= 11 is 0. The van der Waals surface area contributed by atoms with Crippen molar-refractivity contribution in [2.24, 2.45) is 5.92 Å². The zero-order valence-electron chi connectivity index (χ0n) is 22.6. The normalized spacial score (nSPS) is 17.8. The Morgan fingerprint density at radius 1 is 1.13 bits per heavy atom. The van der Waals surface area contributed by atoms with E-state index in [1.54, 1.807) is 19.9 Å². The van der Waals surface area contributed by atoms with Crippen molar-refractivity contribution < 1.29 is 23.9 Å². The number of hydrogen-bond donors (Lipinski definition) is 3. The van der Waals surface area contributed by atoms with E-state index >= 15 is 0 Å². The Balaban J connectivity index is 1.60. The van der Waals surface area contributed by atoms with Crippen molar-refractivity contribution >= 4 is 40.7 Å². The molecule has 3 N–H and O–H groups in total. The van der Waals surface area contributed by atoms with Crippen LogP contribution in [0.25, 0.3) is 17.0 Å². The second-order valence-electron chi connectivity index (χ2n) is 9.94. The second-order valence-corrected chi connectivity index (χ2v) is 9.94.